The highest BCUT2D eigenvalue weighted by molar-refractivity contribution is 6.34. The lowest BCUT2D eigenvalue weighted by molar-refractivity contribution is 0.0695. The van der Waals surface area contributed by atoms with Gasteiger partial charge >= 0.3 is 5.97 Å². The second-order valence-corrected chi connectivity index (χ2v) is 5.76. The number of aromatic nitrogens is 1. The fraction of sp³-hybridized carbons (Fsp3) is 0.333. The molecule has 4 N–H and O–H groups in total. The fourth-order valence-corrected chi connectivity index (χ4v) is 2.80. The highest BCUT2D eigenvalue weighted by atomic mass is 35.5. The molecule has 2 aromatic rings. The number of halogens is 1. The molecule has 3 rings (SSSR count). The average Bonchev–Trinajstić information content (AvgIpc) is 3.31. The Morgan fingerprint density at radius 2 is 2.18 bits per heavy atom. The Kier molecular flexibility index (Phi) is 3.80. The number of rotatable bonds is 5. The van der Waals surface area contributed by atoms with Gasteiger partial charge in [0.15, 0.2) is 0 Å². The van der Waals surface area contributed by atoms with Crippen LogP contribution in [0.2, 0.25) is 5.02 Å². The summed E-state index contributed by atoms with van der Waals surface area (Å²) in [5.41, 5.74) is 6.09. The fourth-order valence-electron chi connectivity index (χ4n) is 2.58. The minimum Gasteiger partial charge on any atom is -0.477 e. The molecule has 0 spiro atoms. The van der Waals surface area contributed by atoms with Gasteiger partial charge in [-0.15, -0.1) is 0 Å². The molecule has 7 heteroatoms. The summed E-state index contributed by atoms with van der Waals surface area (Å²) in [5, 5.41) is 13.2. The molecule has 1 aromatic heterocycles. The zero-order chi connectivity index (χ0) is 15.9. The molecular formula is C15H16ClN3O3. The molecule has 1 aromatic carbocycles. The normalized spacial score (nSPS) is 14.3. The van der Waals surface area contributed by atoms with Crippen molar-refractivity contribution < 1.29 is 9.90 Å². The summed E-state index contributed by atoms with van der Waals surface area (Å²) < 4.78 is 1.85. The molecule has 0 saturated heterocycles. The quantitative estimate of drug-likeness (QED) is 0.783. The number of pyridine rings is 1. The van der Waals surface area contributed by atoms with E-state index < -0.39 is 11.4 Å². The molecule has 0 aliphatic heterocycles. The smallest absolute Gasteiger partial charge is 0.341 e. The molecule has 0 radical (unpaired) electrons. The Bertz CT molecular complexity index is 812. The number of hydrogen-bond acceptors (Lipinski definition) is 4. The number of carbonyl (C=O) groups is 1. The molecular weight excluding hydrogens is 306 g/mol. The Morgan fingerprint density at radius 3 is 2.77 bits per heavy atom. The Balaban J connectivity index is 2.35. The van der Waals surface area contributed by atoms with Crippen molar-refractivity contribution in [3.63, 3.8) is 0 Å². The molecule has 1 aliphatic carbocycles. The van der Waals surface area contributed by atoms with E-state index in [1.54, 1.807) is 12.1 Å². The lowest BCUT2D eigenvalue weighted by Crippen LogP contribution is -2.20. The number of carboxylic acids is 1. The van der Waals surface area contributed by atoms with E-state index in [2.05, 4.69) is 5.32 Å². The number of hydrogen-bond donors (Lipinski definition) is 3. The molecule has 0 bridgehead atoms. The van der Waals surface area contributed by atoms with Crippen molar-refractivity contribution in [3.05, 3.63) is 39.1 Å². The summed E-state index contributed by atoms with van der Waals surface area (Å²) in [5.74, 6) is -1.22. The van der Waals surface area contributed by atoms with E-state index in [1.165, 1.54) is 6.20 Å². The van der Waals surface area contributed by atoms with E-state index in [-0.39, 0.29) is 11.6 Å². The third-order valence-corrected chi connectivity index (χ3v) is 4.07. The summed E-state index contributed by atoms with van der Waals surface area (Å²) in [7, 11) is 0. The van der Waals surface area contributed by atoms with E-state index in [1.807, 2.05) is 4.57 Å². The van der Waals surface area contributed by atoms with Crippen LogP contribution in [0.1, 0.15) is 29.2 Å². The molecule has 1 saturated carbocycles. The van der Waals surface area contributed by atoms with Crippen molar-refractivity contribution in [1.82, 2.24) is 4.57 Å². The minimum absolute atomic E-state index is 0.207. The Hall–Kier alpha value is -2.05. The summed E-state index contributed by atoms with van der Waals surface area (Å²) >= 11 is 6.26. The van der Waals surface area contributed by atoms with Gasteiger partial charge in [-0.1, -0.05) is 11.6 Å². The predicted octanol–water partition coefficient (Wildman–Crippen LogP) is 2.06. The first-order valence-corrected chi connectivity index (χ1v) is 7.47. The molecule has 1 aliphatic rings. The number of benzene rings is 1. The minimum atomic E-state index is -1.22. The summed E-state index contributed by atoms with van der Waals surface area (Å²) in [6, 6.07) is 3.39. The van der Waals surface area contributed by atoms with Crippen molar-refractivity contribution in [1.29, 1.82) is 0 Å². The third-order valence-electron chi connectivity index (χ3n) is 3.76. The molecule has 1 heterocycles. The number of nitrogens with two attached hydrogens (primary N) is 1. The first kappa shape index (κ1) is 14.9. The van der Waals surface area contributed by atoms with Gasteiger partial charge in [-0.05, 0) is 25.0 Å². The largest absolute Gasteiger partial charge is 0.477 e. The third kappa shape index (κ3) is 2.44. The van der Waals surface area contributed by atoms with Crippen molar-refractivity contribution in [2.75, 3.05) is 18.4 Å². The van der Waals surface area contributed by atoms with E-state index >= 15 is 0 Å². The van der Waals surface area contributed by atoms with Crippen LogP contribution >= 0.6 is 11.6 Å². The second kappa shape index (κ2) is 5.62. The first-order valence-electron chi connectivity index (χ1n) is 7.09. The van der Waals surface area contributed by atoms with Crippen LogP contribution in [0.15, 0.2) is 23.1 Å². The monoisotopic (exact) mass is 321 g/mol. The highest BCUT2D eigenvalue weighted by Crippen LogP contribution is 2.40. The van der Waals surface area contributed by atoms with Gasteiger partial charge in [0.2, 0.25) is 5.43 Å². The standard InChI is InChI=1S/C15H16ClN3O3/c16-11-4-3-9-13(12(11)18-6-5-17)19(8-1-2-8)7-10(14(9)20)15(21)22/h3-4,7-8,18H,1-2,5-6,17H2,(H,21,22). The van der Waals surface area contributed by atoms with Gasteiger partial charge in [0.25, 0.3) is 0 Å². The summed E-state index contributed by atoms with van der Waals surface area (Å²) in [6.07, 6.45) is 3.34. The second-order valence-electron chi connectivity index (χ2n) is 5.35. The Labute approximate surface area is 131 Å². The zero-order valence-corrected chi connectivity index (χ0v) is 12.6. The number of aromatic carboxylic acids is 1. The number of anilines is 1. The molecule has 0 unspecified atom stereocenters. The van der Waals surface area contributed by atoms with Crippen molar-refractivity contribution >= 4 is 34.2 Å². The number of nitrogens with one attached hydrogen (secondary N) is 1. The molecule has 1 fully saturated rings. The Morgan fingerprint density at radius 1 is 1.45 bits per heavy atom. The van der Waals surface area contributed by atoms with Gasteiger partial charge in [0.1, 0.15) is 5.56 Å². The molecule has 6 nitrogen and oxygen atoms in total. The molecule has 116 valence electrons. The maximum atomic E-state index is 12.4. The van der Waals surface area contributed by atoms with E-state index in [4.69, 9.17) is 17.3 Å². The molecule has 0 atom stereocenters. The lowest BCUT2D eigenvalue weighted by atomic mass is 10.1. The van der Waals surface area contributed by atoms with Crippen molar-refractivity contribution in [2.24, 2.45) is 5.73 Å². The van der Waals surface area contributed by atoms with Crippen LogP contribution in [0.25, 0.3) is 10.9 Å². The van der Waals surface area contributed by atoms with E-state index in [0.29, 0.717) is 34.7 Å². The lowest BCUT2D eigenvalue weighted by Gasteiger charge is -2.17. The van der Waals surface area contributed by atoms with Gasteiger partial charge in [0, 0.05) is 30.7 Å². The molecule has 22 heavy (non-hydrogen) atoms. The van der Waals surface area contributed by atoms with Crippen LogP contribution in [-0.2, 0) is 0 Å². The maximum absolute atomic E-state index is 12.4. The van der Waals surface area contributed by atoms with Gasteiger partial charge in [-0.25, -0.2) is 4.79 Å². The SMILES string of the molecule is NCCNc1c(Cl)ccc2c(=O)c(C(=O)O)cn(C3CC3)c12. The van der Waals surface area contributed by atoms with Crippen molar-refractivity contribution in [3.8, 4) is 0 Å². The van der Waals surface area contributed by atoms with Crippen LogP contribution in [0.3, 0.4) is 0 Å². The van der Waals surface area contributed by atoms with Crippen LogP contribution in [0.5, 0.6) is 0 Å². The van der Waals surface area contributed by atoms with Crippen molar-refractivity contribution in [2.45, 2.75) is 18.9 Å². The van der Waals surface area contributed by atoms with E-state index in [0.717, 1.165) is 12.8 Å². The van der Waals surface area contributed by atoms with Crippen LogP contribution < -0.4 is 16.5 Å². The molecule has 0 amide bonds. The summed E-state index contributed by atoms with van der Waals surface area (Å²) in [6.45, 7) is 0.936. The summed E-state index contributed by atoms with van der Waals surface area (Å²) in [4.78, 5) is 23.7. The number of carboxylic acid groups (broad SMARTS) is 1. The van der Waals surface area contributed by atoms with Crippen LogP contribution in [0.4, 0.5) is 5.69 Å². The average molecular weight is 322 g/mol. The predicted molar refractivity (Wildman–Crippen MR) is 86.0 cm³/mol. The van der Waals surface area contributed by atoms with Gasteiger partial charge in [-0.3, -0.25) is 4.79 Å². The van der Waals surface area contributed by atoms with Gasteiger partial charge in [-0.2, -0.15) is 0 Å². The number of fused-ring (bicyclic) bond motifs is 1. The maximum Gasteiger partial charge on any atom is 0.341 e. The highest BCUT2D eigenvalue weighted by Gasteiger charge is 2.28. The topological polar surface area (TPSA) is 97.3 Å². The van der Waals surface area contributed by atoms with Gasteiger partial charge < -0.3 is 20.7 Å². The van der Waals surface area contributed by atoms with Crippen LogP contribution in [-0.4, -0.2) is 28.7 Å². The van der Waals surface area contributed by atoms with Crippen LogP contribution in [0, 0.1) is 0 Å². The van der Waals surface area contributed by atoms with E-state index in [9.17, 15) is 14.7 Å². The number of nitrogens with zero attached hydrogens (tertiary/aromatic N) is 1. The first-order chi connectivity index (χ1) is 10.5. The zero-order valence-electron chi connectivity index (χ0n) is 11.8. The van der Waals surface area contributed by atoms with Gasteiger partial charge in [0.05, 0.1) is 16.2 Å².